The molecule has 0 amide bonds. The molecule has 1 N–H and O–H groups in total. The zero-order valence-corrected chi connectivity index (χ0v) is 12.0. The van der Waals surface area contributed by atoms with Crippen molar-refractivity contribution in [2.75, 3.05) is 6.54 Å². The fourth-order valence-corrected chi connectivity index (χ4v) is 2.08. The second-order valence-electron chi connectivity index (χ2n) is 5.30. The van der Waals surface area contributed by atoms with E-state index in [2.05, 4.69) is 24.3 Å². The minimum atomic E-state index is -0.853. The molecule has 2 aromatic rings. The summed E-state index contributed by atoms with van der Waals surface area (Å²) in [5, 5.41) is 7.54. The van der Waals surface area contributed by atoms with Crippen molar-refractivity contribution in [1.29, 1.82) is 0 Å². The number of nitrogens with zero attached hydrogens (tertiary/aromatic N) is 2. The molecule has 3 nitrogen and oxygen atoms in total. The van der Waals surface area contributed by atoms with Crippen LogP contribution in [0.1, 0.15) is 19.4 Å². The third-order valence-corrected chi connectivity index (χ3v) is 2.98. The van der Waals surface area contributed by atoms with Gasteiger partial charge in [0.05, 0.1) is 5.69 Å². The van der Waals surface area contributed by atoms with Gasteiger partial charge in [0, 0.05) is 30.9 Å². The van der Waals surface area contributed by atoms with Crippen molar-refractivity contribution in [3.63, 3.8) is 0 Å². The lowest BCUT2D eigenvalue weighted by Gasteiger charge is -2.08. The Morgan fingerprint density at radius 3 is 2.75 bits per heavy atom. The Morgan fingerprint density at radius 2 is 2.05 bits per heavy atom. The molecule has 0 radical (unpaired) electrons. The van der Waals surface area contributed by atoms with Crippen LogP contribution in [0.4, 0.5) is 8.78 Å². The molecule has 2 rings (SSSR count). The molecule has 0 aliphatic heterocycles. The summed E-state index contributed by atoms with van der Waals surface area (Å²) in [5.41, 5.74) is 1.55. The van der Waals surface area contributed by atoms with Gasteiger partial charge in [-0.05, 0) is 24.6 Å². The van der Waals surface area contributed by atoms with Gasteiger partial charge < -0.3 is 5.32 Å². The monoisotopic (exact) mass is 279 g/mol. The zero-order valence-electron chi connectivity index (χ0n) is 12.0. The van der Waals surface area contributed by atoms with Crippen LogP contribution in [0.2, 0.25) is 0 Å². The van der Waals surface area contributed by atoms with E-state index in [4.69, 9.17) is 0 Å². The van der Waals surface area contributed by atoms with Gasteiger partial charge in [-0.2, -0.15) is 5.10 Å². The predicted octanol–water partition coefficient (Wildman–Crippen LogP) is 3.11. The molecular formula is C15H19F2N3. The van der Waals surface area contributed by atoms with Gasteiger partial charge in [0.25, 0.3) is 0 Å². The maximum atomic E-state index is 13.9. The molecule has 108 valence electrons. The normalized spacial score (nSPS) is 11.3. The van der Waals surface area contributed by atoms with Crippen LogP contribution < -0.4 is 5.32 Å². The van der Waals surface area contributed by atoms with Gasteiger partial charge in [-0.25, -0.2) is 8.78 Å². The number of benzene rings is 1. The molecule has 0 saturated carbocycles. The zero-order chi connectivity index (χ0) is 14.7. The third-order valence-electron chi connectivity index (χ3n) is 2.98. The van der Waals surface area contributed by atoms with Crippen LogP contribution in [0.5, 0.6) is 0 Å². The average Bonchev–Trinajstić information content (AvgIpc) is 2.73. The van der Waals surface area contributed by atoms with Crippen molar-refractivity contribution in [3.8, 4) is 11.3 Å². The van der Waals surface area contributed by atoms with E-state index >= 15 is 0 Å². The van der Waals surface area contributed by atoms with Crippen molar-refractivity contribution in [2.24, 2.45) is 13.0 Å². The molecule has 1 heterocycles. The molecule has 5 heteroatoms. The van der Waals surface area contributed by atoms with Gasteiger partial charge in [-0.3, -0.25) is 4.68 Å². The SMILES string of the molecule is CC(C)CNCc1cn(C)nc1-c1cccc(F)c1F. The third kappa shape index (κ3) is 3.22. The highest BCUT2D eigenvalue weighted by molar-refractivity contribution is 5.63. The lowest BCUT2D eigenvalue weighted by molar-refractivity contribution is 0.510. The maximum Gasteiger partial charge on any atom is 0.168 e. The van der Waals surface area contributed by atoms with Gasteiger partial charge >= 0.3 is 0 Å². The number of rotatable bonds is 5. The fourth-order valence-electron chi connectivity index (χ4n) is 2.08. The van der Waals surface area contributed by atoms with E-state index in [-0.39, 0.29) is 5.56 Å². The molecule has 1 aromatic heterocycles. The number of halogens is 2. The standard InChI is InChI=1S/C15H19F2N3/c1-10(2)7-18-8-11-9-20(3)19-15(11)12-5-4-6-13(16)14(12)17/h4-6,9-10,18H,7-8H2,1-3H3. The Bertz CT molecular complexity index is 591. The van der Waals surface area contributed by atoms with Gasteiger partial charge in [-0.15, -0.1) is 0 Å². The van der Waals surface area contributed by atoms with Crippen molar-refractivity contribution in [2.45, 2.75) is 20.4 Å². The van der Waals surface area contributed by atoms with Crippen LogP contribution in [0.15, 0.2) is 24.4 Å². The predicted molar refractivity (Wildman–Crippen MR) is 75.1 cm³/mol. The van der Waals surface area contributed by atoms with Crippen molar-refractivity contribution in [1.82, 2.24) is 15.1 Å². The highest BCUT2D eigenvalue weighted by Gasteiger charge is 2.16. The molecule has 0 fully saturated rings. The second-order valence-corrected chi connectivity index (χ2v) is 5.30. The van der Waals surface area contributed by atoms with Crippen LogP contribution in [0.25, 0.3) is 11.3 Å². The topological polar surface area (TPSA) is 29.9 Å². The number of nitrogens with one attached hydrogen (secondary N) is 1. The van der Waals surface area contributed by atoms with E-state index in [1.807, 2.05) is 6.20 Å². The molecule has 0 bridgehead atoms. The second kappa shape index (κ2) is 6.13. The molecule has 0 aliphatic rings. The molecule has 0 unspecified atom stereocenters. The molecule has 0 spiro atoms. The van der Waals surface area contributed by atoms with Crippen molar-refractivity contribution < 1.29 is 8.78 Å². The summed E-state index contributed by atoms with van der Waals surface area (Å²) in [6.07, 6.45) is 1.83. The van der Waals surface area contributed by atoms with E-state index in [9.17, 15) is 8.78 Å². The van der Waals surface area contributed by atoms with Gasteiger partial charge in [0.15, 0.2) is 11.6 Å². The smallest absolute Gasteiger partial charge is 0.168 e. The molecule has 20 heavy (non-hydrogen) atoms. The summed E-state index contributed by atoms with van der Waals surface area (Å²) in [5.74, 6) is -1.17. The highest BCUT2D eigenvalue weighted by Crippen LogP contribution is 2.26. The lowest BCUT2D eigenvalue weighted by atomic mass is 10.1. The molecule has 1 aromatic carbocycles. The summed E-state index contributed by atoms with van der Waals surface area (Å²) < 4.78 is 28.8. The summed E-state index contributed by atoms with van der Waals surface area (Å²) in [6.45, 7) is 5.67. The van der Waals surface area contributed by atoms with E-state index < -0.39 is 11.6 Å². The van der Waals surface area contributed by atoms with E-state index in [1.54, 1.807) is 17.8 Å². The minimum absolute atomic E-state index is 0.201. The van der Waals surface area contributed by atoms with Crippen LogP contribution in [0, 0.1) is 17.6 Å². The van der Waals surface area contributed by atoms with E-state index in [0.29, 0.717) is 18.2 Å². The Balaban J connectivity index is 2.29. The van der Waals surface area contributed by atoms with E-state index in [0.717, 1.165) is 18.2 Å². The first-order valence-corrected chi connectivity index (χ1v) is 6.66. The summed E-state index contributed by atoms with van der Waals surface area (Å²) >= 11 is 0. The van der Waals surface area contributed by atoms with Crippen LogP contribution in [0.3, 0.4) is 0 Å². The first kappa shape index (κ1) is 14.7. The first-order chi connectivity index (χ1) is 9.49. The van der Waals surface area contributed by atoms with Gasteiger partial charge in [0.1, 0.15) is 0 Å². The average molecular weight is 279 g/mol. The van der Waals surface area contributed by atoms with Crippen LogP contribution in [-0.4, -0.2) is 16.3 Å². The number of hydrogen-bond donors (Lipinski definition) is 1. The Hall–Kier alpha value is -1.75. The lowest BCUT2D eigenvalue weighted by Crippen LogP contribution is -2.19. The maximum absolute atomic E-state index is 13.9. The van der Waals surface area contributed by atoms with Crippen molar-refractivity contribution in [3.05, 3.63) is 41.6 Å². The first-order valence-electron chi connectivity index (χ1n) is 6.66. The van der Waals surface area contributed by atoms with Crippen LogP contribution in [-0.2, 0) is 13.6 Å². The van der Waals surface area contributed by atoms with Crippen LogP contribution >= 0.6 is 0 Å². The summed E-state index contributed by atoms with van der Waals surface area (Å²) in [4.78, 5) is 0. The molecular weight excluding hydrogens is 260 g/mol. The summed E-state index contributed by atoms with van der Waals surface area (Å²) in [6, 6.07) is 4.15. The highest BCUT2D eigenvalue weighted by atomic mass is 19.2. The Kier molecular flexibility index (Phi) is 4.49. The van der Waals surface area contributed by atoms with Gasteiger partial charge in [-0.1, -0.05) is 19.9 Å². The minimum Gasteiger partial charge on any atom is -0.312 e. The largest absolute Gasteiger partial charge is 0.312 e. The number of aromatic nitrogens is 2. The number of aryl methyl sites for hydroxylation is 1. The van der Waals surface area contributed by atoms with E-state index in [1.165, 1.54) is 6.07 Å². The number of hydrogen-bond acceptors (Lipinski definition) is 2. The van der Waals surface area contributed by atoms with Gasteiger partial charge in [0.2, 0.25) is 0 Å². The van der Waals surface area contributed by atoms with Crippen molar-refractivity contribution >= 4 is 0 Å². The molecule has 0 atom stereocenters. The molecule has 0 saturated heterocycles. The Morgan fingerprint density at radius 1 is 1.30 bits per heavy atom. The molecule has 0 aliphatic carbocycles. The fraction of sp³-hybridized carbons (Fsp3) is 0.400. The summed E-state index contributed by atoms with van der Waals surface area (Å²) in [7, 11) is 1.77. The quantitative estimate of drug-likeness (QED) is 0.911. The Labute approximate surface area is 117 Å².